The van der Waals surface area contributed by atoms with E-state index >= 15 is 0 Å². The summed E-state index contributed by atoms with van der Waals surface area (Å²) >= 11 is 4.18. The van der Waals surface area contributed by atoms with Crippen molar-refractivity contribution < 1.29 is 4.79 Å². The van der Waals surface area contributed by atoms with E-state index in [2.05, 4.69) is 25.3 Å². The van der Waals surface area contributed by atoms with E-state index in [9.17, 15) is 9.59 Å². The van der Waals surface area contributed by atoms with Crippen molar-refractivity contribution in [3.05, 3.63) is 56.7 Å². The summed E-state index contributed by atoms with van der Waals surface area (Å²) in [4.78, 5) is 43.0. The molecule has 11 heteroatoms. The molecule has 0 saturated carbocycles. The summed E-state index contributed by atoms with van der Waals surface area (Å²) in [6, 6.07) is 4.00. The Morgan fingerprint density at radius 3 is 2.82 bits per heavy atom. The van der Waals surface area contributed by atoms with Crippen LogP contribution in [0.3, 0.4) is 0 Å². The molecule has 4 aromatic rings. The molecule has 0 fully saturated rings. The molecule has 4 aromatic heterocycles. The maximum absolute atomic E-state index is 12.9. The Morgan fingerprint density at radius 2 is 2.04 bits per heavy atom. The van der Waals surface area contributed by atoms with E-state index in [1.54, 1.807) is 27.5 Å². The number of carbonyl (C=O) groups excluding carboxylic acids is 1. The number of anilines is 1. The third-order valence-electron chi connectivity index (χ3n) is 3.73. The van der Waals surface area contributed by atoms with E-state index in [1.165, 1.54) is 40.4 Å². The van der Waals surface area contributed by atoms with Crippen LogP contribution in [0.25, 0.3) is 11.2 Å². The van der Waals surface area contributed by atoms with Crippen molar-refractivity contribution >= 4 is 56.6 Å². The molecule has 0 aromatic carbocycles. The van der Waals surface area contributed by atoms with Crippen LogP contribution in [0, 0.1) is 0 Å². The normalized spacial score (nSPS) is 11.0. The minimum atomic E-state index is -0.252. The number of nitrogens with one attached hydrogen (secondary N) is 1. The fourth-order valence-electron chi connectivity index (χ4n) is 2.48. The van der Waals surface area contributed by atoms with Gasteiger partial charge in [-0.25, -0.2) is 19.9 Å². The van der Waals surface area contributed by atoms with Gasteiger partial charge in [0.05, 0.1) is 5.75 Å². The van der Waals surface area contributed by atoms with Crippen molar-refractivity contribution in [2.24, 2.45) is 0 Å². The van der Waals surface area contributed by atoms with Gasteiger partial charge in [0, 0.05) is 35.4 Å². The maximum Gasteiger partial charge on any atom is 0.282 e. The third kappa shape index (κ3) is 4.26. The van der Waals surface area contributed by atoms with Gasteiger partial charge in [-0.3, -0.25) is 14.2 Å². The van der Waals surface area contributed by atoms with Crippen LogP contribution in [0.15, 0.2) is 51.4 Å². The first-order valence-electron chi connectivity index (χ1n) is 8.27. The minimum absolute atomic E-state index is 0.108. The second-order valence-corrected chi connectivity index (χ2v) is 8.45. The highest BCUT2D eigenvalue weighted by Gasteiger charge is 2.15. The third-order valence-corrected chi connectivity index (χ3v) is 6.33. The first-order chi connectivity index (χ1) is 13.7. The number of hydrogen-bond donors (Lipinski definition) is 1. The zero-order chi connectivity index (χ0) is 19.3. The lowest BCUT2D eigenvalue weighted by Gasteiger charge is -2.11. The highest BCUT2D eigenvalue weighted by Crippen LogP contribution is 2.19. The Bertz CT molecular complexity index is 1140. The number of carbonyl (C=O) groups is 1. The highest BCUT2D eigenvalue weighted by atomic mass is 32.2. The van der Waals surface area contributed by atoms with Crippen LogP contribution in [0.2, 0.25) is 0 Å². The second-order valence-electron chi connectivity index (χ2n) is 5.58. The average Bonchev–Trinajstić information content (AvgIpc) is 3.40. The zero-order valence-corrected chi connectivity index (χ0v) is 16.9. The quantitative estimate of drug-likeness (QED) is 0.355. The predicted octanol–water partition coefficient (Wildman–Crippen LogP) is 2.68. The predicted molar refractivity (Wildman–Crippen MR) is 111 cm³/mol. The number of aryl methyl sites for hydroxylation is 1. The van der Waals surface area contributed by atoms with Crippen molar-refractivity contribution in [1.29, 1.82) is 0 Å². The Labute approximate surface area is 171 Å². The van der Waals surface area contributed by atoms with E-state index in [1.807, 2.05) is 17.5 Å². The first kappa shape index (κ1) is 18.7. The highest BCUT2D eigenvalue weighted by molar-refractivity contribution is 7.99. The number of aromatic nitrogens is 5. The molecule has 4 rings (SSSR count). The van der Waals surface area contributed by atoms with E-state index in [0.29, 0.717) is 23.3 Å². The van der Waals surface area contributed by atoms with Crippen molar-refractivity contribution in [1.82, 2.24) is 24.5 Å². The zero-order valence-electron chi connectivity index (χ0n) is 14.4. The van der Waals surface area contributed by atoms with Crippen LogP contribution >= 0.6 is 34.4 Å². The topological polar surface area (TPSA) is 103 Å². The number of hydrogen-bond acceptors (Lipinski definition) is 9. The number of thioether (sulfide) groups is 1. The number of rotatable bonds is 7. The molecule has 0 aliphatic heterocycles. The van der Waals surface area contributed by atoms with Crippen molar-refractivity contribution in [2.75, 3.05) is 11.1 Å². The lowest BCUT2D eigenvalue weighted by Crippen LogP contribution is -2.26. The minimum Gasteiger partial charge on any atom is -0.301 e. The molecular formula is C17H14N6O2S3. The smallest absolute Gasteiger partial charge is 0.282 e. The molecule has 0 atom stereocenters. The van der Waals surface area contributed by atoms with E-state index in [0.717, 1.165) is 0 Å². The monoisotopic (exact) mass is 430 g/mol. The molecule has 0 bridgehead atoms. The Morgan fingerprint density at radius 1 is 1.14 bits per heavy atom. The molecule has 0 aliphatic rings. The van der Waals surface area contributed by atoms with Gasteiger partial charge in [0.15, 0.2) is 21.5 Å². The van der Waals surface area contributed by atoms with Gasteiger partial charge in [0.25, 0.3) is 5.56 Å². The summed E-state index contributed by atoms with van der Waals surface area (Å²) in [6.45, 7) is 0.454. The maximum atomic E-state index is 12.9. The summed E-state index contributed by atoms with van der Waals surface area (Å²) in [6.07, 6.45) is 5.29. The summed E-state index contributed by atoms with van der Waals surface area (Å²) in [5.74, 6) is -0.102. The van der Waals surface area contributed by atoms with Gasteiger partial charge < -0.3 is 5.32 Å². The van der Waals surface area contributed by atoms with Gasteiger partial charge in [-0.05, 0) is 17.9 Å². The standard InChI is InChI=1S/C17H14N6O2S3/c24-12(21-16-20-6-9-27-16)10-28-17-22-14-13(18-4-5-19-14)15(25)23(17)7-3-11-2-1-8-26-11/h1-2,4-6,8-9H,3,7,10H2,(H,20,21,24). The molecule has 4 heterocycles. The van der Waals surface area contributed by atoms with E-state index in [4.69, 9.17) is 0 Å². The largest absolute Gasteiger partial charge is 0.301 e. The molecule has 0 saturated heterocycles. The van der Waals surface area contributed by atoms with Crippen LogP contribution in [-0.4, -0.2) is 36.2 Å². The first-order valence-corrected chi connectivity index (χ1v) is 11.0. The van der Waals surface area contributed by atoms with Gasteiger partial charge in [-0.1, -0.05) is 17.8 Å². The fourth-order valence-corrected chi connectivity index (χ4v) is 4.54. The Hall–Kier alpha value is -2.63. The molecule has 0 radical (unpaired) electrons. The summed E-state index contributed by atoms with van der Waals surface area (Å²) in [7, 11) is 0. The van der Waals surface area contributed by atoms with Crippen molar-refractivity contribution in [2.45, 2.75) is 18.1 Å². The molecule has 0 unspecified atom stereocenters. The van der Waals surface area contributed by atoms with E-state index < -0.39 is 0 Å². The Balaban J connectivity index is 1.58. The number of thiazole rings is 1. The summed E-state index contributed by atoms with van der Waals surface area (Å²) in [5.41, 5.74) is 0.255. The molecule has 1 amide bonds. The number of nitrogens with zero attached hydrogens (tertiary/aromatic N) is 5. The number of fused-ring (bicyclic) bond motifs is 1. The lowest BCUT2D eigenvalue weighted by molar-refractivity contribution is -0.113. The van der Waals surface area contributed by atoms with Gasteiger partial charge in [-0.2, -0.15) is 0 Å². The molecule has 8 nitrogen and oxygen atoms in total. The average molecular weight is 431 g/mol. The second kappa shape index (κ2) is 8.59. The summed E-state index contributed by atoms with van der Waals surface area (Å²) in [5, 5.41) is 7.50. The van der Waals surface area contributed by atoms with Crippen LogP contribution < -0.4 is 10.9 Å². The van der Waals surface area contributed by atoms with Crippen molar-refractivity contribution in [3.8, 4) is 0 Å². The van der Waals surface area contributed by atoms with Gasteiger partial charge in [0.1, 0.15) is 0 Å². The SMILES string of the molecule is O=C(CSc1nc2nccnc2c(=O)n1CCc1cccs1)Nc1nccs1. The molecule has 0 spiro atoms. The molecule has 28 heavy (non-hydrogen) atoms. The molecule has 142 valence electrons. The van der Waals surface area contributed by atoms with Crippen LogP contribution in [0.5, 0.6) is 0 Å². The van der Waals surface area contributed by atoms with Gasteiger partial charge in [-0.15, -0.1) is 22.7 Å². The van der Waals surface area contributed by atoms with Crippen LogP contribution in [-0.2, 0) is 17.8 Å². The van der Waals surface area contributed by atoms with Gasteiger partial charge >= 0.3 is 0 Å². The van der Waals surface area contributed by atoms with Crippen LogP contribution in [0.4, 0.5) is 5.13 Å². The van der Waals surface area contributed by atoms with Crippen molar-refractivity contribution in [3.63, 3.8) is 0 Å². The van der Waals surface area contributed by atoms with Crippen LogP contribution in [0.1, 0.15) is 4.88 Å². The molecular weight excluding hydrogens is 416 g/mol. The number of thiophene rings is 1. The molecule has 1 N–H and O–H groups in total. The van der Waals surface area contributed by atoms with E-state index in [-0.39, 0.29) is 28.4 Å². The lowest BCUT2D eigenvalue weighted by atomic mass is 10.3. The number of amides is 1. The fraction of sp³-hybridized carbons (Fsp3) is 0.176. The molecule has 0 aliphatic carbocycles. The summed E-state index contributed by atoms with van der Waals surface area (Å²) < 4.78 is 1.57. The Kier molecular flexibility index (Phi) is 5.74. The van der Waals surface area contributed by atoms with Gasteiger partial charge in [0.2, 0.25) is 5.91 Å².